The number of halogens is 10. The monoisotopic (exact) mass is 357 g/mol. The highest BCUT2D eigenvalue weighted by Gasteiger charge is 2.63. The first-order valence-electron chi connectivity index (χ1n) is 6.11. The quantitative estimate of drug-likeness (QED) is 0.305. The third-order valence-corrected chi connectivity index (χ3v) is 2.87. The molecule has 0 aliphatic rings. The summed E-state index contributed by atoms with van der Waals surface area (Å²) in [6.07, 6.45) is -6.67. The van der Waals surface area contributed by atoms with Gasteiger partial charge in [0.2, 0.25) is 5.82 Å². The minimum Gasteiger partial charge on any atom is -0.300 e. The molecule has 1 rings (SSSR count). The van der Waals surface area contributed by atoms with Crippen LogP contribution in [0, 0.1) is 29.1 Å². The summed E-state index contributed by atoms with van der Waals surface area (Å²) in [4.78, 5) is -1.16. The van der Waals surface area contributed by atoms with E-state index in [9.17, 15) is 43.9 Å². The number of nitrogens with zero attached hydrogens (tertiary/aromatic N) is 1. The molecule has 0 fully saturated rings. The van der Waals surface area contributed by atoms with Crippen molar-refractivity contribution in [2.24, 2.45) is 0 Å². The Morgan fingerprint density at radius 3 is 1.48 bits per heavy atom. The van der Waals surface area contributed by atoms with Gasteiger partial charge < -0.3 is 4.90 Å². The summed E-state index contributed by atoms with van der Waals surface area (Å²) in [6.45, 7) is 0.0871. The van der Waals surface area contributed by atoms with E-state index < -0.39 is 64.9 Å². The zero-order chi connectivity index (χ0) is 18.2. The van der Waals surface area contributed by atoms with Gasteiger partial charge >= 0.3 is 12.2 Å². The van der Waals surface area contributed by atoms with Gasteiger partial charge in [0, 0.05) is 6.54 Å². The van der Waals surface area contributed by atoms with Gasteiger partial charge in [-0.05, 0) is 6.42 Å². The molecule has 0 heterocycles. The third kappa shape index (κ3) is 3.32. The lowest BCUT2D eigenvalue weighted by Crippen LogP contribution is -2.54. The normalized spacial score (nSPS) is 12.7. The lowest BCUT2D eigenvalue weighted by atomic mass is 10.2. The summed E-state index contributed by atoms with van der Waals surface area (Å²) in [6, 6.07) is -5.83. The van der Waals surface area contributed by atoms with Crippen LogP contribution in [0.3, 0.4) is 0 Å². The average Bonchev–Trinajstić information content (AvgIpc) is 2.45. The maximum atomic E-state index is 13.5. The predicted molar refractivity (Wildman–Crippen MR) is 59.5 cm³/mol. The van der Waals surface area contributed by atoms with E-state index in [0.717, 1.165) is 0 Å². The molecule has 1 aromatic rings. The zero-order valence-corrected chi connectivity index (χ0v) is 11.3. The van der Waals surface area contributed by atoms with Crippen molar-refractivity contribution in [2.45, 2.75) is 32.0 Å². The van der Waals surface area contributed by atoms with Crippen molar-refractivity contribution in [1.82, 2.24) is 0 Å². The maximum Gasteiger partial charge on any atom is 0.475 e. The molecule has 0 spiro atoms. The third-order valence-electron chi connectivity index (χ3n) is 2.87. The Morgan fingerprint density at radius 1 is 0.739 bits per heavy atom. The lowest BCUT2D eigenvalue weighted by Gasteiger charge is -2.34. The predicted octanol–water partition coefficient (Wildman–Crippen LogP) is 5.14. The van der Waals surface area contributed by atoms with Crippen LogP contribution < -0.4 is 4.90 Å². The van der Waals surface area contributed by atoms with Crippen LogP contribution in [0.2, 0.25) is 0 Å². The number of benzene rings is 1. The molecule has 0 atom stereocenters. The first-order valence-corrected chi connectivity index (χ1v) is 6.11. The molecule has 0 amide bonds. The Hall–Kier alpha value is -1.68. The number of hydrogen-bond donors (Lipinski definition) is 0. The molecule has 0 saturated heterocycles. The van der Waals surface area contributed by atoms with E-state index in [-0.39, 0.29) is 6.42 Å². The van der Waals surface area contributed by atoms with Gasteiger partial charge in [0.15, 0.2) is 23.3 Å². The van der Waals surface area contributed by atoms with E-state index >= 15 is 0 Å². The van der Waals surface area contributed by atoms with Crippen molar-refractivity contribution in [3.8, 4) is 0 Å². The van der Waals surface area contributed by atoms with Crippen molar-refractivity contribution in [3.05, 3.63) is 29.1 Å². The van der Waals surface area contributed by atoms with E-state index in [1.807, 2.05) is 0 Å². The molecule has 0 aromatic heterocycles. The highest BCUT2D eigenvalue weighted by Crippen LogP contribution is 2.43. The van der Waals surface area contributed by atoms with Gasteiger partial charge in [-0.1, -0.05) is 13.3 Å². The smallest absolute Gasteiger partial charge is 0.300 e. The van der Waals surface area contributed by atoms with Gasteiger partial charge in [0.05, 0.1) is 0 Å². The molecule has 0 saturated carbocycles. The molecule has 0 aliphatic carbocycles. The molecule has 1 aromatic carbocycles. The van der Waals surface area contributed by atoms with Crippen molar-refractivity contribution < 1.29 is 43.9 Å². The second-order valence-corrected chi connectivity index (χ2v) is 4.46. The van der Waals surface area contributed by atoms with E-state index in [1.54, 1.807) is 0 Å². The Bertz CT molecular complexity index is 551. The summed E-state index contributed by atoms with van der Waals surface area (Å²) in [5.74, 6) is -13.4. The highest BCUT2D eigenvalue weighted by atomic mass is 19.4. The first-order chi connectivity index (χ1) is 10.4. The van der Waals surface area contributed by atoms with Crippen LogP contribution in [0.5, 0.6) is 0 Å². The number of alkyl halides is 5. The Morgan fingerprint density at radius 2 is 1.13 bits per heavy atom. The largest absolute Gasteiger partial charge is 0.475 e. The van der Waals surface area contributed by atoms with Gasteiger partial charge in [-0.3, -0.25) is 0 Å². The van der Waals surface area contributed by atoms with Gasteiger partial charge in [-0.15, -0.1) is 0 Å². The maximum absolute atomic E-state index is 13.5. The number of hydrogen-bond acceptors (Lipinski definition) is 1. The molecule has 132 valence electrons. The van der Waals surface area contributed by atoms with Crippen LogP contribution in [-0.4, -0.2) is 18.8 Å². The Labute approximate surface area is 123 Å². The molecule has 0 radical (unpaired) electrons. The van der Waals surface area contributed by atoms with Gasteiger partial charge in [-0.25, -0.2) is 22.0 Å². The molecule has 0 aliphatic heterocycles. The lowest BCUT2D eigenvalue weighted by molar-refractivity contribution is -0.281. The molecule has 1 nitrogen and oxygen atoms in total. The minimum atomic E-state index is -6.29. The van der Waals surface area contributed by atoms with Gasteiger partial charge in [-0.2, -0.15) is 22.0 Å². The van der Waals surface area contributed by atoms with Crippen LogP contribution in [0.25, 0.3) is 0 Å². The fourth-order valence-corrected chi connectivity index (χ4v) is 1.69. The summed E-state index contributed by atoms with van der Waals surface area (Å²) in [5.41, 5.74) is -2.32. The molecule has 0 N–H and O–H groups in total. The molecular weight excluding hydrogens is 348 g/mol. The second kappa shape index (κ2) is 6.44. The van der Waals surface area contributed by atoms with Crippen LogP contribution in [0.1, 0.15) is 19.8 Å². The second-order valence-electron chi connectivity index (χ2n) is 4.46. The Balaban J connectivity index is 3.64. The summed E-state index contributed by atoms with van der Waals surface area (Å²) < 4.78 is 130. The number of anilines is 1. The van der Waals surface area contributed by atoms with E-state index in [2.05, 4.69) is 0 Å². The molecular formula is C12H9F10N. The minimum absolute atomic E-state index is 0.0276. The van der Waals surface area contributed by atoms with Crippen LogP contribution in [0.15, 0.2) is 0 Å². The average molecular weight is 357 g/mol. The standard InChI is InChI=1S/C12H9F10N/c1-2-3-4-23(12(21,22)11(18,19)20)10-8(16)6(14)5(13)7(15)9(10)17/h2-4H2,1H3. The van der Waals surface area contributed by atoms with Crippen molar-refractivity contribution in [2.75, 3.05) is 11.4 Å². The molecule has 23 heavy (non-hydrogen) atoms. The van der Waals surface area contributed by atoms with Crippen molar-refractivity contribution in [3.63, 3.8) is 0 Å². The zero-order valence-electron chi connectivity index (χ0n) is 11.3. The molecule has 11 heteroatoms. The summed E-state index contributed by atoms with van der Waals surface area (Å²) in [5, 5.41) is 0. The first kappa shape index (κ1) is 19.4. The van der Waals surface area contributed by atoms with Crippen LogP contribution in [-0.2, 0) is 0 Å². The van der Waals surface area contributed by atoms with Crippen molar-refractivity contribution >= 4 is 5.69 Å². The topological polar surface area (TPSA) is 3.24 Å². The van der Waals surface area contributed by atoms with Crippen LogP contribution >= 0.6 is 0 Å². The summed E-state index contributed by atoms with van der Waals surface area (Å²) >= 11 is 0. The fraction of sp³-hybridized carbons (Fsp3) is 0.500. The van der Waals surface area contributed by atoms with Crippen molar-refractivity contribution in [1.29, 1.82) is 0 Å². The SMILES string of the molecule is CCCCN(c1c(F)c(F)c(F)c(F)c1F)C(F)(F)C(F)(F)F. The highest BCUT2D eigenvalue weighted by molar-refractivity contribution is 5.52. The molecule has 0 unspecified atom stereocenters. The number of rotatable bonds is 5. The number of unbranched alkanes of at least 4 members (excludes halogenated alkanes) is 1. The Kier molecular flexibility index (Phi) is 5.42. The summed E-state index contributed by atoms with van der Waals surface area (Å²) in [7, 11) is 0. The van der Waals surface area contributed by atoms with Gasteiger partial charge in [0.25, 0.3) is 0 Å². The van der Waals surface area contributed by atoms with E-state index in [0.29, 0.717) is 0 Å². The van der Waals surface area contributed by atoms with Gasteiger partial charge in [0.1, 0.15) is 5.69 Å². The fourth-order valence-electron chi connectivity index (χ4n) is 1.69. The van der Waals surface area contributed by atoms with E-state index in [1.165, 1.54) is 6.92 Å². The molecule has 0 bridgehead atoms. The van der Waals surface area contributed by atoms with E-state index in [4.69, 9.17) is 0 Å². The van der Waals surface area contributed by atoms with Crippen LogP contribution in [0.4, 0.5) is 49.6 Å².